The Morgan fingerprint density at radius 1 is 1.05 bits per heavy atom. The second-order valence-electron chi connectivity index (χ2n) is 5.77. The Kier molecular flexibility index (Phi) is 2.92. The first-order valence-electron chi connectivity index (χ1n) is 7.54. The summed E-state index contributed by atoms with van der Waals surface area (Å²) in [6, 6.07) is 17.0. The van der Waals surface area contributed by atoms with Gasteiger partial charge in [-0.05, 0) is 23.8 Å². The largest absolute Gasteiger partial charge is 0.370 e. The van der Waals surface area contributed by atoms with Crippen molar-refractivity contribution in [1.29, 1.82) is 5.41 Å². The Bertz CT molecular complexity index is 726. The smallest absolute Gasteiger partial charge is 0.188 e. The highest BCUT2D eigenvalue weighted by Gasteiger charge is 2.33. The second kappa shape index (κ2) is 4.94. The zero-order valence-electron chi connectivity index (χ0n) is 12.3. The Hall–Kier alpha value is -2.69. The van der Waals surface area contributed by atoms with E-state index < -0.39 is 0 Å². The molecule has 2 aromatic carbocycles. The number of hydrogen-bond donors (Lipinski definition) is 3. The molecule has 0 aromatic heterocycles. The monoisotopic (exact) mass is 293 g/mol. The first-order valence-corrected chi connectivity index (χ1v) is 7.54. The van der Waals surface area contributed by atoms with E-state index >= 15 is 0 Å². The number of nitrogens with zero attached hydrogens (tertiary/aromatic N) is 2. The van der Waals surface area contributed by atoms with E-state index in [1.54, 1.807) is 0 Å². The molecule has 1 fully saturated rings. The fraction of sp³-hybridized carbons (Fsp3) is 0.235. The van der Waals surface area contributed by atoms with Gasteiger partial charge < -0.3 is 20.9 Å². The Labute approximate surface area is 129 Å². The van der Waals surface area contributed by atoms with Crippen LogP contribution in [-0.4, -0.2) is 30.5 Å². The van der Waals surface area contributed by atoms with Crippen molar-refractivity contribution in [3.05, 3.63) is 54.1 Å². The molecule has 112 valence electrons. The number of nitrogens with one attached hydrogen (secondary N) is 2. The number of nitrogens with two attached hydrogens (primary N) is 1. The number of guanidine groups is 1. The molecule has 0 bridgehead atoms. The summed E-state index contributed by atoms with van der Waals surface area (Å²) in [6.07, 6.45) is 0. The van der Waals surface area contributed by atoms with Gasteiger partial charge in [0.2, 0.25) is 0 Å². The van der Waals surface area contributed by atoms with Crippen molar-refractivity contribution in [2.45, 2.75) is 6.04 Å². The van der Waals surface area contributed by atoms with E-state index in [2.05, 4.69) is 58.7 Å². The van der Waals surface area contributed by atoms with E-state index in [1.807, 2.05) is 4.90 Å². The van der Waals surface area contributed by atoms with Gasteiger partial charge in [0.1, 0.15) is 0 Å². The molecule has 0 aliphatic carbocycles. The summed E-state index contributed by atoms with van der Waals surface area (Å²) in [6.45, 7) is 2.38. The first-order chi connectivity index (χ1) is 10.7. The highest BCUT2D eigenvalue weighted by atomic mass is 15.3. The summed E-state index contributed by atoms with van der Waals surface area (Å²) in [5.41, 5.74) is 10.5. The van der Waals surface area contributed by atoms with Crippen LogP contribution in [0, 0.1) is 5.41 Å². The van der Waals surface area contributed by atoms with E-state index in [4.69, 9.17) is 11.1 Å². The van der Waals surface area contributed by atoms with Crippen LogP contribution in [0.15, 0.2) is 48.5 Å². The minimum absolute atomic E-state index is 0.155. The minimum Gasteiger partial charge on any atom is -0.370 e. The lowest BCUT2D eigenvalue weighted by Gasteiger charge is -2.42. The fourth-order valence-corrected chi connectivity index (χ4v) is 3.43. The highest BCUT2D eigenvalue weighted by Crippen LogP contribution is 2.42. The predicted octanol–water partition coefficient (Wildman–Crippen LogP) is 2.50. The molecule has 0 saturated carbocycles. The SMILES string of the molecule is N=C(N)N1CCN2c3ccccc3Nc3ccccc3C2C1. The first kappa shape index (κ1) is 13.0. The molecule has 22 heavy (non-hydrogen) atoms. The van der Waals surface area contributed by atoms with E-state index in [9.17, 15) is 0 Å². The summed E-state index contributed by atoms with van der Waals surface area (Å²) >= 11 is 0. The van der Waals surface area contributed by atoms with Gasteiger partial charge in [-0.3, -0.25) is 5.41 Å². The van der Waals surface area contributed by atoms with E-state index in [0.717, 1.165) is 31.0 Å². The average Bonchev–Trinajstić information content (AvgIpc) is 2.69. The summed E-state index contributed by atoms with van der Waals surface area (Å²) < 4.78 is 0. The van der Waals surface area contributed by atoms with Crippen molar-refractivity contribution in [2.24, 2.45) is 5.73 Å². The quantitative estimate of drug-likeness (QED) is 0.516. The van der Waals surface area contributed by atoms with Gasteiger partial charge in [0.05, 0.1) is 17.4 Å². The Balaban J connectivity index is 1.85. The molecule has 1 atom stereocenters. The molecule has 5 heteroatoms. The summed E-state index contributed by atoms with van der Waals surface area (Å²) in [5, 5.41) is 11.3. The molecular formula is C17H19N5. The normalized spacial score (nSPS) is 19.4. The number of rotatable bonds is 0. The average molecular weight is 293 g/mol. The van der Waals surface area contributed by atoms with Crippen molar-refractivity contribution >= 4 is 23.0 Å². The number of piperazine rings is 1. The van der Waals surface area contributed by atoms with Crippen molar-refractivity contribution in [3.8, 4) is 0 Å². The molecule has 2 aliphatic heterocycles. The van der Waals surface area contributed by atoms with Gasteiger partial charge in [-0.25, -0.2) is 0 Å². The van der Waals surface area contributed by atoms with Crippen molar-refractivity contribution in [1.82, 2.24) is 4.90 Å². The molecule has 0 amide bonds. The predicted molar refractivity (Wildman–Crippen MR) is 89.7 cm³/mol. The van der Waals surface area contributed by atoms with Crippen LogP contribution in [0.25, 0.3) is 0 Å². The van der Waals surface area contributed by atoms with Gasteiger partial charge >= 0.3 is 0 Å². The molecule has 2 aliphatic rings. The third-order valence-electron chi connectivity index (χ3n) is 4.52. The molecule has 0 spiro atoms. The van der Waals surface area contributed by atoms with Crippen LogP contribution in [0.3, 0.4) is 0 Å². The molecule has 2 heterocycles. The van der Waals surface area contributed by atoms with Crippen molar-refractivity contribution in [3.63, 3.8) is 0 Å². The van der Waals surface area contributed by atoms with Crippen molar-refractivity contribution in [2.75, 3.05) is 29.9 Å². The molecule has 0 radical (unpaired) electrons. The van der Waals surface area contributed by atoms with E-state index in [1.165, 1.54) is 11.3 Å². The summed E-state index contributed by atoms with van der Waals surface area (Å²) in [4.78, 5) is 4.37. The van der Waals surface area contributed by atoms with Crippen LogP contribution >= 0.6 is 0 Å². The lowest BCUT2D eigenvalue weighted by atomic mass is 10.0. The third-order valence-corrected chi connectivity index (χ3v) is 4.52. The van der Waals surface area contributed by atoms with E-state index in [-0.39, 0.29) is 12.0 Å². The van der Waals surface area contributed by atoms with Gasteiger partial charge in [0, 0.05) is 25.3 Å². The summed E-state index contributed by atoms with van der Waals surface area (Å²) in [5.74, 6) is 0.155. The van der Waals surface area contributed by atoms with Crippen LogP contribution in [0.5, 0.6) is 0 Å². The number of hydrogen-bond acceptors (Lipinski definition) is 3. The molecule has 5 nitrogen and oxygen atoms in total. The van der Waals surface area contributed by atoms with Gasteiger partial charge in [-0.2, -0.15) is 0 Å². The van der Waals surface area contributed by atoms with Crippen LogP contribution in [0.1, 0.15) is 11.6 Å². The van der Waals surface area contributed by atoms with Crippen LogP contribution in [0.2, 0.25) is 0 Å². The third kappa shape index (κ3) is 1.97. The fourth-order valence-electron chi connectivity index (χ4n) is 3.43. The second-order valence-corrected chi connectivity index (χ2v) is 5.77. The number of anilines is 3. The number of para-hydroxylation sites is 3. The lowest BCUT2D eigenvalue weighted by Crippen LogP contribution is -2.52. The zero-order valence-corrected chi connectivity index (χ0v) is 12.3. The maximum Gasteiger partial charge on any atom is 0.188 e. The highest BCUT2D eigenvalue weighted by molar-refractivity contribution is 5.81. The topological polar surface area (TPSA) is 68.4 Å². The Morgan fingerprint density at radius 3 is 2.59 bits per heavy atom. The van der Waals surface area contributed by atoms with Gasteiger partial charge in [-0.15, -0.1) is 0 Å². The maximum atomic E-state index is 7.75. The van der Waals surface area contributed by atoms with Crippen LogP contribution in [-0.2, 0) is 0 Å². The minimum atomic E-state index is 0.155. The van der Waals surface area contributed by atoms with Crippen LogP contribution in [0.4, 0.5) is 17.1 Å². The zero-order chi connectivity index (χ0) is 15.1. The maximum absolute atomic E-state index is 7.75. The van der Waals surface area contributed by atoms with Gasteiger partial charge in [-0.1, -0.05) is 30.3 Å². The molecule has 1 unspecified atom stereocenters. The van der Waals surface area contributed by atoms with Gasteiger partial charge in [0.25, 0.3) is 0 Å². The van der Waals surface area contributed by atoms with Gasteiger partial charge in [0.15, 0.2) is 5.96 Å². The molecular weight excluding hydrogens is 274 g/mol. The lowest BCUT2D eigenvalue weighted by molar-refractivity contribution is 0.327. The molecule has 4 rings (SSSR count). The molecule has 2 aromatic rings. The van der Waals surface area contributed by atoms with Crippen molar-refractivity contribution < 1.29 is 0 Å². The van der Waals surface area contributed by atoms with E-state index in [0.29, 0.717) is 0 Å². The molecule has 4 N–H and O–H groups in total. The van der Waals surface area contributed by atoms with Crippen LogP contribution < -0.4 is 16.0 Å². The number of fused-ring (bicyclic) bond motifs is 5. The number of benzene rings is 2. The summed E-state index contributed by atoms with van der Waals surface area (Å²) in [7, 11) is 0. The standard InChI is InChI=1S/C17H19N5/c18-17(19)21-9-10-22-15-8-4-3-7-14(15)20-13-6-2-1-5-12(13)16(22)11-21/h1-8,16,20H,9-11H2,(H3,18,19). The molecule has 1 saturated heterocycles. The Morgan fingerprint density at radius 2 is 1.77 bits per heavy atom.